The predicted molar refractivity (Wildman–Crippen MR) is 76.2 cm³/mol. The monoisotopic (exact) mass is 317 g/mol. The van der Waals surface area contributed by atoms with Gasteiger partial charge in [-0.1, -0.05) is 19.9 Å². The largest absolute Gasteiger partial charge is 0.380 e. The minimum atomic E-state index is -0.230. The Labute approximate surface area is 117 Å². The van der Waals surface area contributed by atoms with Gasteiger partial charge < -0.3 is 10.1 Å². The summed E-state index contributed by atoms with van der Waals surface area (Å²) in [5, 5.41) is 3.35. The van der Waals surface area contributed by atoms with E-state index in [1.807, 2.05) is 6.07 Å². The van der Waals surface area contributed by atoms with Gasteiger partial charge in [-0.05, 0) is 46.5 Å². The van der Waals surface area contributed by atoms with Gasteiger partial charge in [-0.25, -0.2) is 4.39 Å². The Kier molecular flexibility index (Phi) is 6.82. The number of benzene rings is 1. The van der Waals surface area contributed by atoms with Crippen LogP contribution in [0.2, 0.25) is 0 Å². The first-order valence-corrected chi connectivity index (χ1v) is 7.06. The van der Waals surface area contributed by atoms with Crippen molar-refractivity contribution in [3.63, 3.8) is 0 Å². The van der Waals surface area contributed by atoms with Gasteiger partial charge in [0.1, 0.15) is 5.82 Å². The van der Waals surface area contributed by atoms with E-state index in [-0.39, 0.29) is 11.9 Å². The quantitative estimate of drug-likeness (QED) is 0.770. The van der Waals surface area contributed by atoms with Crippen molar-refractivity contribution in [1.82, 2.24) is 5.32 Å². The summed E-state index contributed by atoms with van der Waals surface area (Å²) in [5.41, 5.74) is 1.06. The zero-order valence-corrected chi connectivity index (χ0v) is 12.8. The molecule has 1 N–H and O–H groups in total. The molecule has 1 aromatic rings. The summed E-state index contributed by atoms with van der Waals surface area (Å²) >= 11 is 3.20. The molecule has 0 aliphatic rings. The second kappa shape index (κ2) is 7.87. The summed E-state index contributed by atoms with van der Waals surface area (Å²) in [5.74, 6) is 0.335. The van der Waals surface area contributed by atoms with Crippen molar-refractivity contribution in [2.45, 2.75) is 26.8 Å². The van der Waals surface area contributed by atoms with Crippen LogP contribution in [0.25, 0.3) is 0 Å². The van der Waals surface area contributed by atoms with Crippen LogP contribution in [0, 0.1) is 11.7 Å². The number of rotatable bonds is 7. The molecule has 0 amide bonds. The van der Waals surface area contributed by atoms with Crippen LogP contribution in [-0.4, -0.2) is 19.8 Å². The van der Waals surface area contributed by atoms with Crippen molar-refractivity contribution in [3.05, 3.63) is 34.1 Å². The van der Waals surface area contributed by atoms with Gasteiger partial charge >= 0.3 is 0 Å². The molecule has 1 aromatic carbocycles. The molecule has 0 aliphatic carbocycles. The minimum Gasteiger partial charge on any atom is -0.380 e. The molecular formula is C14H21BrFNO. The van der Waals surface area contributed by atoms with Crippen LogP contribution in [0.5, 0.6) is 0 Å². The summed E-state index contributed by atoms with van der Waals surface area (Å²) in [6.45, 7) is 8.60. The number of nitrogens with one attached hydrogen (secondary N) is 1. The molecule has 0 saturated carbocycles. The smallest absolute Gasteiger partial charge is 0.137 e. The lowest BCUT2D eigenvalue weighted by Crippen LogP contribution is -2.24. The zero-order valence-electron chi connectivity index (χ0n) is 11.2. The van der Waals surface area contributed by atoms with Gasteiger partial charge in [0.2, 0.25) is 0 Å². The first kappa shape index (κ1) is 15.6. The maximum atomic E-state index is 13.1. The second-order valence-corrected chi connectivity index (χ2v) is 5.67. The summed E-state index contributed by atoms with van der Waals surface area (Å²) in [6, 6.07) is 5.27. The lowest BCUT2D eigenvalue weighted by Gasteiger charge is -2.15. The highest BCUT2D eigenvalue weighted by Crippen LogP contribution is 2.20. The van der Waals surface area contributed by atoms with Crippen molar-refractivity contribution in [2.24, 2.45) is 5.92 Å². The van der Waals surface area contributed by atoms with Crippen LogP contribution in [-0.2, 0) is 4.74 Å². The van der Waals surface area contributed by atoms with E-state index in [9.17, 15) is 4.39 Å². The predicted octanol–water partition coefficient (Wildman–Crippen LogP) is 3.91. The summed E-state index contributed by atoms with van der Waals surface area (Å²) in [7, 11) is 0. The SMILES string of the molecule is CC(C)COCCNC(C)c1ccc(F)c(Br)c1. The topological polar surface area (TPSA) is 21.3 Å². The number of halogens is 2. The lowest BCUT2D eigenvalue weighted by molar-refractivity contribution is 0.110. The van der Waals surface area contributed by atoms with Gasteiger partial charge in [0.15, 0.2) is 0 Å². The van der Waals surface area contributed by atoms with E-state index in [4.69, 9.17) is 4.74 Å². The summed E-state index contributed by atoms with van der Waals surface area (Å²) in [4.78, 5) is 0. The van der Waals surface area contributed by atoms with Gasteiger partial charge in [0, 0.05) is 19.2 Å². The fourth-order valence-corrected chi connectivity index (χ4v) is 1.96. The highest BCUT2D eigenvalue weighted by molar-refractivity contribution is 9.10. The molecule has 102 valence electrons. The van der Waals surface area contributed by atoms with E-state index in [1.165, 1.54) is 6.07 Å². The molecule has 0 aromatic heterocycles. The van der Waals surface area contributed by atoms with Crippen LogP contribution in [0.15, 0.2) is 22.7 Å². The highest BCUT2D eigenvalue weighted by atomic mass is 79.9. The summed E-state index contributed by atoms with van der Waals surface area (Å²) in [6.07, 6.45) is 0. The second-order valence-electron chi connectivity index (χ2n) is 4.82. The Hall–Kier alpha value is -0.450. The van der Waals surface area contributed by atoms with Crippen LogP contribution in [0.3, 0.4) is 0 Å². The molecule has 18 heavy (non-hydrogen) atoms. The highest BCUT2D eigenvalue weighted by Gasteiger charge is 2.07. The Morgan fingerprint density at radius 3 is 2.67 bits per heavy atom. The fourth-order valence-electron chi connectivity index (χ4n) is 1.57. The van der Waals surface area contributed by atoms with Gasteiger partial charge in [-0.15, -0.1) is 0 Å². The van der Waals surface area contributed by atoms with Crippen LogP contribution >= 0.6 is 15.9 Å². The van der Waals surface area contributed by atoms with E-state index < -0.39 is 0 Å². The Balaban J connectivity index is 2.31. The third kappa shape index (κ3) is 5.46. The summed E-state index contributed by atoms with van der Waals surface area (Å²) < 4.78 is 19.1. The first-order chi connectivity index (χ1) is 8.50. The van der Waals surface area contributed by atoms with E-state index in [0.717, 1.165) is 18.7 Å². The van der Waals surface area contributed by atoms with Crippen molar-refractivity contribution in [2.75, 3.05) is 19.8 Å². The normalized spacial score (nSPS) is 13.0. The third-order valence-electron chi connectivity index (χ3n) is 2.59. The zero-order chi connectivity index (χ0) is 13.5. The molecule has 2 nitrogen and oxygen atoms in total. The molecule has 0 fully saturated rings. The van der Waals surface area contributed by atoms with Gasteiger partial charge in [0.05, 0.1) is 11.1 Å². The molecule has 1 unspecified atom stereocenters. The fraction of sp³-hybridized carbons (Fsp3) is 0.571. The average molecular weight is 318 g/mol. The van der Waals surface area contributed by atoms with E-state index in [1.54, 1.807) is 6.07 Å². The van der Waals surface area contributed by atoms with Crippen molar-refractivity contribution < 1.29 is 9.13 Å². The van der Waals surface area contributed by atoms with Gasteiger partial charge in [-0.3, -0.25) is 0 Å². The van der Waals surface area contributed by atoms with Crippen LogP contribution in [0.4, 0.5) is 4.39 Å². The van der Waals surface area contributed by atoms with Crippen molar-refractivity contribution in [1.29, 1.82) is 0 Å². The van der Waals surface area contributed by atoms with Gasteiger partial charge in [-0.2, -0.15) is 0 Å². The minimum absolute atomic E-state index is 0.185. The molecule has 0 radical (unpaired) electrons. The van der Waals surface area contributed by atoms with E-state index in [0.29, 0.717) is 17.0 Å². The third-order valence-corrected chi connectivity index (χ3v) is 3.20. The molecule has 1 atom stereocenters. The van der Waals surface area contributed by atoms with E-state index in [2.05, 4.69) is 42.0 Å². The molecule has 4 heteroatoms. The molecular weight excluding hydrogens is 297 g/mol. The molecule has 0 saturated heterocycles. The Morgan fingerprint density at radius 2 is 2.06 bits per heavy atom. The molecule has 0 bridgehead atoms. The average Bonchev–Trinajstić information content (AvgIpc) is 2.31. The van der Waals surface area contributed by atoms with Crippen LogP contribution in [0.1, 0.15) is 32.4 Å². The maximum Gasteiger partial charge on any atom is 0.137 e. The maximum absolute atomic E-state index is 13.1. The van der Waals surface area contributed by atoms with Gasteiger partial charge in [0.25, 0.3) is 0 Å². The molecule has 1 rings (SSSR count). The standard InChI is InChI=1S/C14H21BrFNO/c1-10(2)9-18-7-6-17-11(3)12-4-5-14(16)13(15)8-12/h4-5,8,10-11,17H,6-7,9H2,1-3H3. The first-order valence-electron chi connectivity index (χ1n) is 6.26. The Morgan fingerprint density at radius 1 is 1.33 bits per heavy atom. The van der Waals surface area contributed by atoms with Crippen molar-refractivity contribution in [3.8, 4) is 0 Å². The lowest BCUT2D eigenvalue weighted by atomic mass is 10.1. The Bertz CT molecular complexity index is 371. The number of hydrogen-bond donors (Lipinski definition) is 1. The molecule has 0 heterocycles. The van der Waals surface area contributed by atoms with Crippen LogP contribution < -0.4 is 5.32 Å². The molecule has 0 spiro atoms. The molecule has 0 aliphatic heterocycles. The number of hydrogen-bond acceptors (Lipinski definition) is 2. The number of ether oxygens (including phenoxy) is 1. The van der Waals surface area contributed by atoms with Crippen molar-refractivity contribution >= 4 is 15.9 Å². The van der Waals surface area contributed by atoms with E-state index >= 15 is 0 Å².